The van der Waals surface area contributed by atoms with Crippen molar-refractivity contribution < 1.29 is 14.7 Å². The Morgan fingerprint density at radius 1 is 0.968 bits per heavy atom. The second kappa shape index (κ2) is 9.00. The average molecular weight is 455 g/mol. The van der Waals surface area contributed by atoms with Gasteiger partial charge in [-0.3, -0.25) is 4.79 Å². The van der Waals surface area contributed by atoms with E-state index in [-0.39, 0.29) is 12.3 Å². The van der Waals surface area contributed by atoms with Crippen LogP contribution in [0.4, 0.5) is 5.69 Å². The molecule has 1 aliphatic rings. The number of carbonyl (C=O) groups is 2. The first kappa shape index (κ1) is 21.2. The van der Waals surface area contributed by atoms with Crippen LogP contribution in [0.15, 0.2) is 72.8 Å². The first-order valence-corrected chi connectivity index (χ1v) is 10.6. The number of rotatable bonds is 5. The van der Waals surface area contributed by atoms with Crippen LogP contribution in [-0.2, 0) is 9.59 Å². The van der Waals surface area contributed by atoms with Crippen LogP contribution in [0.5, 0.6) is 0 Å². The summed E-state index contributed by atoms with van der Waals surface area (Å²) in [4.78, 5) is 25.2. The molecule has 0 bridgehead atoms. The summed E-state index contributed by atoms with van der Waals surface area (Å²) in [6.07, 6.45) is 0.158. The van der Waals surface area contributed by atoms with Gasteiger partial charge >= 0.3 is 5.97 Å². The summed E-state index contributed by atoms with van der Waals surface area (Å²) in [6, 6.07) is 20.7. The lowest BCUT2D eigenvalue weighted by Gasteiger charge is -2.33. The van der Waals surface area contributed by atoms with Gasteiger partial charge in [-0.25, -0.2) is 4.79 Å². The van der Waals surface area contributed by atoms with E-state index in [0.717, 1.165) is 11.1 Å². The third kappa shape index (κ3) is 4.53. The molecule has 0 saturated heterocycles. The number of benzene rings is 3. The molecule has 158 valence electrons. The molecule has 0 fully saturated rings. The minimum Gasteiger partial charge on any atom is -0.480 e. The van der Waals surface area contributed by atoms with Crippen molar-refractivity contribution >= 4 is 40.8 Å². The van der Waals surface area contributed by atoms with Gasteiger partial charge in [0, 0.05) is 27.7 Å². The fourth-order valence-corrected chi connectivity index (χ4v) is 4.62. The summed E-state index contributed by atoms with van der Waals surface area (Å²) in [5.74, 6) is -1.79. The highest BCUT2D eigenvalue weighted by molar-refractivity contribution is 6.35. The van der Waals surface area contributed by atoms with Crippen molar-refractivity contribution in [1.29, 1.82) is 0 Å². The van der Waals surface area contributed by atoms with Gasteiger partial charge in [-0.1, -0.05) is 83.9 Å². The van der Waals surface area contributed by atoms with Crippen molar-refractivity contribution in [2.45, 2.75) is 24.4 Å². The third-order valence-electron chi connectivity index (χ3n) is 5.39. The molecule has 1 amide bonds. The molecule has 0 radical (unpaired) electrons. The smallest absolute Gasteiger partial charge is 0.326 e. The van der Waals surface area contributed by atoms with Crippen molar-refractivity contribution in [2.24, 2.45) is 0 Å². The molecule has 5 nitrogen and oxygen atoms in total. The number of carboxylic acid groups (broad SMARTS) is 1. The predicted octanol–water partition coefficient (Wildman–Crippen LogP) is 5.25. The largest absolute Gasteiger partial charge is 0.480 e. The Bertz CT molecular complexity index is 1070. The number of fused-ring (bicyclic) bond motifs is 1. The molecule has 0 unspecified atom stereocenters. The molecular weight excluding hydrogens is 435 g/mol. The van der Waals surface area contributed by atoms with Gasteiger partial charge in [-0.05, 0) is 23.3 Å². The average Bonchev–Trinajstić information content (AvgIpc) is 2.74. The zero-order valence-electron chi connectivity index (χ0n) is 16.4. The first-order valence-electron chi connectivity index (χ1n) is 9.82. The number of hydrogen-bond donors (Lipinski definition) is 3. The number of aliphatic carboxylic acids is 1. The van der Waals surface area contributed by atoms with E-state index in [1.807, 2.05) is 60.7 Å². The Morgan fingerprint density at radius 2 is 1.55 bits per heavy atom. The zero-order chi connectivity index (χ0) is 22.0. The van der Waals surface area contributed by atoms with Crippen LogP contribution in [0.2, 0.25) is 10.0 Å². The highest BCUT2D eigenvalue weighted by atomic mass is 35.5. The topological polar surface area (TPSA) is 78.4 Å². The third-order valence-corrected chi connectivity index (χ3v) is 5.92. The van der Waals surface area contributed by atoms with Gasteiger partial charge in [0.25, 0.3) is 0 Å². The Labute approximate surface area is 190 Å². The van der Waals surface area contributed by atoms with Gasteiger partial charge in [0.2, 0.25) is 5.91 Å². The molecule has 4 rings (SSSR count). The van der Waals surface area contributed by atoms with Crippen LogP contribution in [0.3, 0.4) is 0 Å². The second-order valence-electron chi connectivity index (χ2n) is 7.44. The van der Waals surface area contributed by atoms with E-state index >= 15 is 0 Å². The minimum absolute atomic E-state index is 0.158. The summed E-state index contributed by atoms with van der Waals surface area (Å²) in [6.45, 7) is 0. The van der Waals surface area contributed by atoms with E-state index in [0.29, 0.717) is 21.3 Å². The lowest BCUT2D eigenvalue weighted by Crippen LogP contribution is -2.42. The van der Waals surface area contributed by atoms with E-state index in [1.54, 1.807) is 12.1 Å². The molecule has 3 N–H and O–H groups in total. The normalized spacial score (nSPS) is 17.5. The number of carboxylic acids is 1. The number of amides is 1. The number of anilines is 1. The van der Waals surface area contributed by atoms with E-state index in [1.165, 1.54) is 0 Å². The van der Waals surface area contributed by atoms with Crippen molar-refractivity contribution in [3.63, 3.8) is 0 Å². The Kier molecular flexibility index (Phi) is 6.16. The maximum atomic E-state index is 13.5. The molecule has 0 saturated carbocycles. The lowest BCUT2D eigenvalue weighted by atomic mass is 9.88. The van der Waals surface area contributed by atoms with Gasteiger partial charge < -0.3 is 15.7 Å². The van der Waals surface area contributed by atoms with E-state index in [9.17, 15) is 14.7 Å². The van der Waals surface area contributed by atoms with E-state index < -0.39 is 24.0 Å². The van der Waals surface area contributed by atoms with Gasteiger partial charge in [0.05, 0.1) is 12.0 Å². The molecule has 3 aromatic rings. The van der Waals surface area contributed by atoms with Gasteiger partial charge in [0.15, 0.2) is 0 Å². The minimum atomic E-state index is -1.01. The summed E-state index contributed by atoms with van der Waals surface area (Å²) in [5.41, 5.74) is 2.84. The van der Waals surface area contributed by atoms with E-state index in [4.69, 9.17) is 23.2 Å². The molecular formula is C24H20Cl2N2O3. The summed E-state index contributed by atoms with van der Waals surface area (Å²) < 4.78 is 0. The molecule has 3 aromatic carbocycles. The van der Waals surface area contributed by atoms with Crippen molar-refractivity contribution in [1.82, 2.24) is 5.32 Å². The van der Waals surface area contributed by atoms with E-state index in [2.05, 4.69) is 10.6 Å². The predicted molar refractivity (Wildman–Crippen MR) is 122 cm³/mol. The molecule has 0 spiro atoms. The highest BCUT2D eigenvalue weighted by Crippen LogP contribution is 2.40. The molecule has 2 atom stereocenters. The summed E-state index contributed by atoms with van der Waals surface area (Å²) >= 11 is 12.6. The van der Waals surface area contributed by atoms with Crippen LogP contribution in [0, 0.1) is 0 Å². The number of hydrogen-bond acceptors (Lipinski definition) is 3. The van der Waals surface area contributed by atoms with Gasteiger partial charge in [-0.15, -0.1) is 0 Å². The Morgan fingerprint density at radius 3 is 2.10 bits per heavy atom. The monoisotopic (exact) mass is 454 g/mol. The number of carbonyl (C=O) groups excluding carboxylic acids is 1. The summed E-state index contributed by atoms with van der Waals surface area (Å²) in [7, 11) is 0. The van der Waals surface area contributed by atoms with Crippen molar-refractivity contribution in [3.05, 3.63) is 99.5 Å². The SMILES string of the molecule is O=C(N[C@H]1C[C@H](C(=O)O)Nc2cc(Cl)cc(Cl)c21)C(c1ccccc1)c1ccccc1. The van der Waals surface area contributed by atoms with Crippen LogP contribution in [0.25, 0.3) is 0 Å². The quantitative estimate of drug-likeness (QED) is 0.491. The van der Waals surface area contributed by atoms with Crippen molar-refractivity contribution in [2.75, 3.05) is 5.32 Å². The van der Waals surface area contributed by atoms with Crippen LogP contribution < -0.4 is 10.6 Å². The standard InChI is InChI=1S/C24H20Cl2N2O3/c25-16-11-17(26)22-18(12-16)27-20(24(30)31)13-19(22)28-23(29)21(14-7-3-1-4-8-14)15-9-5-2-6-10-15/h1-12,19-21,27H,13H2,(H,28,29)(H,30,31)/t19-,20+/m0/s1. The maximum absolute atomic E-state index is 13.5. The lowest BCUT2D eigenvalue weighted by molar-refractivity contribution is -0.138. The first-order chi connectivity index (χ1) is 14.9. The highest BCUT2D eigenvalue weighted by Gasteiger charge is 2.35. The van der Waals surface area contributed by atoms with Crippen molar-refractivity contribution in [3.8, 4) is 0 Å². The number of halogens is 2. The fraction of sp³-hybridized carbons (Fsp3) is 0.167. The summed E-state index contributed by atoms with van der Waals surface area (Å²) in [5, 5.41) is 16.3. The molecule has 0 aliphatic carbocycles. The molecule has 31 heavy (non-hydrogen) atoms. The van der Waals surface area contributed by atoms with Crippen LogP contribution >= 0.6 is 23.2 Å². The second-order valence-corrected chi connectivity index (χ2v) is 8.28. The molecule has 7 heteroatoms. The number of nitrogens with one attached hydrogen (secondary N) is 2. The van der Waals surface area contributed by atoms with Crippen LogP contribution in [-0.4, -0.2) is 23.0 Å². The fourth-order valence-electron chi connectivity index (χ4n) is 3.99. The van der Waals surface area contributed by atoms with Gasteiger partial charge in [0.1, 0.15) is 6.04 Å². The molecule has 1 heterocycles. The Hall–Kier alpha value is -3.02. The zero-order valence-corrected chi connectivity index (χ0v) is 17.9. The molecule has 0 aromatic heterocycles. The molecule has 1 aliphatic heterocycles. The Balaban J connectivity index is 1.71. The van der Waals surface area contributed by atoms with Crippen LogP contribution in [0.1, 0.15) is 35.1 Å². The van der Waals surface area contributed by atoms with Gasteiger partial charge in [-0.2, -0.15) is 0 Å². The maximum Gasteiger partial charge on any atom is 0.326 e.